The molecule has 4 rings (SSSR count). The molecule has 0 aromatic heterocycles. The molecule has 2 amide bonds. The minimum Gasteiger partial charge on any atom is -0.356 e. The van der Waals surface area contributed by atoms with Crippen molar-refractivity contribution in [1.82, 2.24) is 10.2 Å². The fraction of sp³-hybridized carbons (Fsp3) is 0.462. The summed E-state index contributed by atoms with van der Waals surface area (Å²) in [7, 11) is 0. The van der Waals surface area contributed by atoms with Crippen LogP contribution in [0.3, 0.4) is 0 Å². The van der Waals surface area contributed by atoms with Crippen molar-refractivity contribution in [3.05, 3.63) is 59.9 Å². The molecule has 31 heavy (non-hydrogen) atoms. The molecule has 1 aliphatic heterocycles. The van der Waals surface area contributed by atoms with Crippen LogP contribution in [-0.4, -0.2) is 36.3 Å². The second kappa shape index (κ2) is 9.21. The van der Waals surface area contributed by atoms with Gasteiger partial charge in [0.25, 0.3) is 0 Å². The molecule has 2 aliphatic rings. The van der Waals surface area contributed by atoms with E-state index in [1.165, 1.54) is 6.07 Å². The molecule has 1 aliphatic carbocycles. The van der Waals surface area contributed by atoms with Crippen molar-refractivity contribution in [1.29, 1.82) is 0 Å². The minimum atomic E-state index is -0.557. The van der Waals surface area contributed by atoms with E-state index in [0.29, 0.717) is 38.9 Å². The summed E-state index contributed by atoms with van der Waals surface area (Å²) in [6.07, 6.45) is 4.77. The number of likely N-dealkylation sites (tertiary alicyclic amines) is 1. The SMILES string of the molecule is CCCNC(=O)C1(Cc2ccccc2-c2cccc(F)c2)CCN(C(=O)C2CC2)CC1. The van der Waals surface area contributed by atoms with E-state index < -0.39 is 5.41 Å². The van der Waals surface area contributed by atoms with Crippen LogP contribution in [0.2, 0.25) is 0 Å². The van der Waals surface area contributed by atoms with Gasteiger partial charge in [0, 0.05) is 25.6 Å². The number of halogens is 1. The first kappa shape index (κ1) is 21.5. The topological polar surface area (TPSA) is 49.4 Å². The predicted molar refractivity (Wildman–Crippen MR) is 120 cm³/mol. The van der Waals surface area contributed by atoms with E-state index in [-0.39, 0.29) is 23.5 Å². The van der Waals surface area contributed by atoms with Crippen LogP contribution < -0.4 is 5.32 Å². The highest BCUT2D eigenvalue weighted by Gasteiger charge is 2.44. The molecule has 1 saturated carbocycles. The lowest BCUT2D eigenvalue weighted by molar-refractivity contribution is -0.141. The van der Waals surface area contributed by atoms with E-state index in [1.54, 1.807) is 12.1 Å². The Bertz CT molecular complexity index is 946. The lowest BCUT2D eigenvalue weighted by Crippen LogP contribution is -2.51. The highest BCUT2D eigenvalue weighted by atomic mass is 19.1. The van der Waals surface area contributed by atoms with Crippen LogP contribution in [0.4, 0.5) is 4.39 Å². The van der Waals surface area contributed by atoms with E-state index in [4.69, 9.17) is 0 Å². The number of amides is 2. The van der Waals surface area contributed by atoms with Gasteiger partial charge in [0.15, 0.2) is 0 Å². The number of rotatable bonds is 7. The largest absolute Gasteiger partial charge is 0.356 e. The maximum atomic E-state index is 13.9. The number of nitrogens with one attached hydrogen (secondary N) is 1. The first-order valence-corrected chi connectivity index (χ1v) is 11.4. The van der Waals surface area contributed by atoms with Crippen molar-refractivity contribution < 1.29 is 14.0 Å². The number of piperidine rings is 1. The van der Waals surface area contributed by atoms with Crippen LogP contribution in [0.15, 0.2) is 48.5 Å². The fourth-order valence-corrected chi connectivity index (χ4v) is 4.63. The van der Waals surface area contributed by atoms with Gasteiger partial charge < -0.3 is 10.2 Å². The standard InChI is InChI=1S/C26H31FN2O2/c1-2-14-28-25(31)26(12-15-29(16-13-26)24(30)19-10-11-19)18-21-6-3-4-9-23(21)20-7-5-8-22(27)17-20/h3-9,17,19H,2,10-16,18H2,1H3,(H,28,31). The predicted octanol–water partition coefficient (Wildman–Crippen LogP) is 4.58. The molecule has 4 nitrogen and oxygen atoms in total. The Kier molecular flexibility index (Phi) is 6.40. The monoisotopic (exact) mass is 422 g/mol. The third-order valence-electron chi connectivity index (χ3n) is 6.66. The normalized spacial score (nSPS) is 17.9. The smallest absolute Gasteiger partial charge is 0.226 e. The summed E-state index contributed by atoms with van der Waals surface area (Å²) < 4.78 is 13.9. The molecule has 2 aromatic carbocycles. The number of benzene rings is 2. The van der Waals surface area contributed by atoms with Crippen LogP contribution >= 0.6 is 0 Å². The van der Waals surface area contributed by atoms with Crippen LogP contribution in [0, 0.1) is 17.2 Å². The van der Waals surface area contributed by atoms with Gasteiger partial charge in [0.05, 0.1) is 5.41 Å². The maximum absolute atomic E-state index is 13.9. The molecule has 0 atom stereocenters. The van der Waals surface area contributed by atoms with Gasteiger partial charge in [-0.15, -0.1) is 0 Å². The Balaban J connectivity index is 1.60. The quantitative estimate of drug-likeness (QED) is 0.710. The highest BCUT2D eigenvalue weighted by Crippen LogP contribution is 2.40. The molecule has 2 fully saturated rings. The summed E-state index contributed by atoms with van der Waals surface area (Å²) >= 11 is 0. The Morgan fingerprint density at radius 1 is 1.10 bits per heavy atom. The molecule has 2 aromatic rings. The highest BCUT2D eigenvalue weighted by molar-refractivity contribution is 5.85. The fourth-order valence-electron chi connectivity index (χ4n) is 4.63. The van der Waals surface area contributed by atoms with Crippen LogP contribution in [0.5, 0.6) is 0 Å². The van der Waals surface area contributed by atoms with E-state index in [0.717, 1.165) is 36.0 Å². The van der Waals surface area contributed by atoms with E-state index in [1.807, 2.05) is 42.2 Å². The van der Waals surface area contributed by atoms with Crippen molar-refractivity contribution in [2.24, 2.45) is 11.3 Å². The molecule has 164 valence electrons. The molecule has 1 N–H and O–H groups in total. The molecule has 1 saturated heterocycles. The van der Waals surface area contributed by atoms with Crippen molar-refractivity contribution in [3.63, 3.8) is 0 Å². The number of carbonyl (C=O) groups is 2. The summed E-state index contributed by atoms with van der Waals surface area (Å²) in [6.45, 7) is 3.94. The zero-order valence-electron chi connectivity index (χ0n) is 18.2. The lowest BCUT2D eigenvalue weighted by Gasteiger charge is -2.41. The van der Waals surface area contributed by atoms with Gasteiger partial charge >= 0.3 is 0 Å². The van der Waals surface area contributed by atoms with Crippen molar-refractivity contribution in [2.45, 2.75) is 45.4 Å². The second-order valence-electron chi connectivity index (χ2n) is 8.98. The number of nitrogens with zero attached hydrogens (tertiary/aromatic N) is 1. The molecule has 0 bridgehead atoms. The summed E-state index contributed by atoms with van der Waals surface area (Å²) in [5, 5.41) is 3.11. The summed E-state index contributed by atoms with van der Waals surface area (Å²) in [5.74, 6) is 0.259. The van der Waals surface area contributed by atoms with Crippen LogP contribution in [0.1, 0.15) is 44.6 Å². The Morgan fingerprint density at radius 3 is 2.52 bits per heavy atom. The molecule has 0 radical (unpaired) electrons. The van der Waals surface area contributed by atoms with Gasteiger partial charge in [-0.05, 0) is 67.3 Å². The van der Waals surface area contributed by atoms with Gasteiger partial charge in [-0.3, -0.25) is 9.59 Å². The van der Waals surface area contributed by atoms with Gasteiger partial charge in [0.2, 0.25) is 11.8 Å². The Morgan fingerprint density at radius 2 is 1.84 bits per heavy atom. The van der Waals surface area contributed by atoms with E-state index in [2.05, 4.69) is 5.32 Å². The summed E-state index contributed by atoms with van der Waals surface area (Å²) in [5.41, 5.74) is 2.27. The van der Waals surface area contributed by atoms with Gasteiger partial charge in [0.1, 0.15) is 5.82 Å². The van der Waals surface area contributed by atoms with Crippen LogP contribution in [0.25, 0.3) is 11.1 Å². The maximum Gasteiger partial charge on any atom is 0.226 e. The third-order valence-corrected chi connectivity index (χ3v) is 6.66. The minimum absolute atomic E-state index is 0.0712. The number of carbonyl (C=O) groups excluding carboxylic acids is 2. The first-order chi connectivity index (χ1) is 15.0. The van der Waals surface area contributed by atoms with E-state index >= 15 is 0 Å². The molecule has 1 heterocycles. The lowest BCUT2D eigenvalue weighted by atomic mass is 9.72. The zero-order valence-corrected chi connectivity index (χ0v) is 18.2. The first-order valence-electron chi connectivity index (χ1n) is 11.4. The number of hydrogen-bond donors (Lipinski definition) is 1. The van der Waals surface area contributed by atoms with Crippen molar-refractivity contribution >= 4 is 11.8 Å². The molecule has 5 heteroatoms. The Hall–Kier alpha value is -2.69. The van der Waals surface area contributed by atoms with Crippen molar-refractivity contribution in [3.8, 4) is 11.1 Å². The Labute approximate surface area is 183 Å². The average Bonchev–Trinajstić information content (AvgIpc) is 3.63. The second-order valence-corrected chi connectivity index (χ2v) is 8.98. The molecule has 0 spiro atoms. The van der Waals surface area contributed by atoms with Gasteiger partial charge in [-0.25, -0.2) is 4.39 Å². The van der Waals surface area contributed by atoms with Gasteiger partial charge in [-0.2, -0.15) is 0 Å². The third kappa shape index (κ3) is 4.81. The van der Waals surface area contributed by atoms with E-state index in [9.17, 15) is 14.0 Å². The number of hydrogen-bond acceptors (Lipinski definition) is 2. The molecular formula is C26H31FN2O2. The summed E-state index contributed by atoms with van der Waals surface area (Å²) in [4.78, 5) is 27.8. The molecular weight excluding hydrogens is 391 g/mol. The average molecular weight is 423 g/mol. The van der Waals surface area contributed by atoms with Crippen LogP contribution in [-0.2, 0) is 16.0 Å². The molecule has 0 unspecified atom stereocenters. The van der Waals surface area contributed by atoms with Gasteiger partial charge in [-0.1, -0.05) is 43.3 Å². The van der Waals surface area contributed by atoms with Crippen molar-refractivity contribution in [2.75, 3.05) is 19.6 Å². The summed E-state index contributed by atoms with van der Waals surface area (Å²) in [6, 6.07) is 14.6. The zero-order chi connectivity index (χ0) is 21.8.